The van der Waals surface area contributed by atoms with Crippen molar-refractivity contribution in [3.63, 3.8) is 0 Å². The Balaban J connectivity index is 1.38. The number of aromatic amines is 2. The topological polar surface area (TPSA) is 69.4 Å². The van der Waals surface area contributed by atoms with Crippen molar-refractivity contribution in [3.05, 3.63) is 70.7 Å². The molecule has 0 bridgehead atoms. The number of nitrogens with zero attached hydrogens (tertiary/aromatic N) is 2. The van der Waals surface area contributed by atoms with Gasteiger partial charge >= 0.3 is 0 Å². The summed E-state index contributed by atoms with van der Waals surface area (Å²) in [6.07, 6.45) is 3.70. The zero-order chi connectivity index (χ0) is 16.4. The molecule has 0 fully saturated rings. The van der Waals surface area contributed by atoms with Gasteiger partial charge in [0.05, 0.1) is 30.1 Å². The van der Waals surface area contributed by atoms with E-state index >= 15 is 0 Å². The lowest BCUT2D eigenvalue weighted by Crippen LogP contribution is -2.13. The molecule has 6 heteroatoms. The summed E-state index contributed by atoms with van der Waals surface area (Å²) in [6, 6.07) is 14.5. The van der Waals surface area contributed by atoms with E-state index in [9.17, 15) is 0 Å². The Morgan fingerprint density at radius 2 is 1.88 bits per heavy atom. The van der Waals surface area contributed by atoms with Gasteiger partial charge in [0.15, 0.2) is 0 Å². The summed E-state index contributed by atoms with van der Waals surface area (Å²) in [4.78, 5) is 7.80. The quantitative estimate of drug-likeness (QED) is 0.489. The molecule has 0 spiro atoms. The molecule has 0 aliphatic heterocycles. The number of nitrogens with one attached hydrogen (secondary N) is 3. The first-order valence-electron chi connectivity index (χ1n) is 7.70. The van der Waals surface area contributed by atoms with Gasteiger partial charge in [0.2, 0.25) is 0 Å². The van der Waals surface area contributed by atoms with Crippen LogP contribution in [0, 0.1) is 0 Å². The Morgan fingerprint density at radius 3 is 2.75 bits per heavy atom. The maximum atomic E-state index is 4.44. The van der Waals surface area contributed by atoms with Crippen LogP contribution in [-0.4, -0.2) is 20.2 Å². The number of fused-ring (bicyclic) bond motifs is 1. The molecule has 3 N–H and O–H groups in total. The molecule has 120 valence electrons. The van der Waals surface area contributed by atoms with Gasteiger partial charge in [0, 0.05) is 16.4 Å². The van der Waals surface area contributed by atoms with Crippen LogP contribution in [0.3, 0.4) is 0 Å². The normalized spacial score (nSPS) is 11.2. The van der Waals surface area contributed by atoms with Crippen molar-refractivity contribution in [1.82, 2.24) is 25.5 Å². The van der Waals surface area contributed by atoms with E-state index in [-0.39, 0.29) is 0 Å². The zero-order valence-electron chi connectivity index (χ0n) is 12.9. The second-order valence-electron chi connectivity index (χ2n) is 5.65. The van der Waals surface area contributed by atoms with Crippen LogP contribution in [0.1, 0.15) is 11.4 Å². The first kappa shape index (κ1) is 15.1. The van der Waals surface area contributed by atoms with Gasteiger partial charge < -0.3 is 10.3 Å². The van der Waals surface area contributed by atoms with Gasteiger partial charge in [-0.3, -0.25) is 5.10 Å². The number of hydrogen-bond donors (Lipinski definition) is 3. The third kappa shape index (κ3) is 3.25. The molecule has 0 aliphatic rings. The predicted octanol–water partition coefficient (Wildman–Crippen LogP) is 4.01. The van der Waals surface area contributed by atoms with Gasteiger partial charge in [0.1, 0.15) is 5.82 Å². The molecule has 0 unspecified atom stereocenters. The van der Waals surface area contributed by atoms with E-state index in [0.717, 1.165) is 39.0 Å². The van der Waals surface area contributed by atoms with Crippen molar-refractivity contribution in [2.45, 2.75) is 13.1 Å². The highest BCUT2D eigenvalue weighted by atomic mass is 79.9. The molecule has 0 aliphatic carbocycles. The highest BCUT2D eigenvalue weighted by Crippen LogP contribution is 2.20. The molecule has 0 amide bonds. The summed E-state index contributed by atoms with van der Waals surface area (Å²) in [5, 5.41) is 11.6. The van der Waals surface area contributed by atoms with Crippen molar-refractivity contribution in [2.24, 2.45) is 0 Å². The zero-order valence-corrected chi connectivity index (χ0v) is 14.5. The fourth-order valence-electron chi connectivity index (χ4n) is 2.65. The van der Waals surface area contributed by atoms with Crippen LogP contribution in [0.25, 0.3) is 22.2 Å². The standard InChI is InChI=1S/C18H16BrN5/c19-15-5-3-13(4-6-15)17-10-21-18(23-17)11-20-8-12-1-2-14-9-22-24-16(14)7-12/h1-7,9-10,20H,8,11H2,(H,21,23)(H,22,24). The van der Waals surface area contributed by atoms with Gasteiger partial charge in [0.25, 0.3) is 0 Å². The number of imidazole rings is 1. The summed E-state index contributed by atoms with van der Waals surface area (Å²) in [6.45, 7) is 1.47. The van der Waals surface area contributed by atoms with Gasteiger partial charge in [-0.15, -0.1) is 0 Å². The molecule has 2 heterocycles. The molecule has 2 aromatic heterocycles. The Labute approximate surface area is 147 Å². The Morgan fingerprint density at radius 1 is 1.00 bits per heavy atom. The maximum Gasteiger partial charge on any atom is 0.120 e. The van der Waals surface area contributed by atoms with Crippen molar-refractivity contribution in [3.8, 4) is 11.3 Å². The van der Waals surface area contributed by atoms with Crippen LogP contribution in [-0.2, 0) is 13.1 Å². The fraction of sp³-hybridized carbons (Fsp3) is 0.111. The van der Waals surface area contributed by atoms with Gasteiger partial charge in [-0.25, -0.2) is 4.98 Å². The van der Waals surface area contributed by atoms with Crippen LogP contribution in [0.15, 0.2) is 59.3 Å². The SMILES string of the molecule is Brc1ccc(-c2cnc(CNCc3ccc4cn[nH]c4c3)[nH]2)cc1. The lowest BCUT2D eigenvalue weighted by Gasteiger charge is -2.03. The number of aromatic nitrogens is 4. The van der Waals surface area contributed by atoms with E-state index in [1.165, 1.54) is 5.56 Å². The molecule has 4 aromatic rings. The first-order chi connectivity index (χ1) is 11.8. The van der Waals surface area contributed by atoms with Crippen molar-refractivity contribution < 1.29 is 0 Å². The van der Waals surface area contributed by atoms with E-state index in [0.29, 0.717) is 6.54 Å². The van der Waals surface area contributed by atoms with Crippen molar-refractivity contribution in [1.29, 1.82) is 0 Å². The van der Waals surface area contributed by atoms with Crippen molar-refractivity contribution in [2.75, 3.05) is 0 Å². The average molecular weight is 382 g/mol. The van der Waals surface area contributed by atoms with Crippen LogP contribution in [0.2, 0.25) is 0 Å². The van der Waals surface area contributed by atoms with Crippen LogP contribution >= 0.6 is 15.9 Å². The minimum atomic E-state index is 0.692. The highest BCUT2D eigenvalue weighted by molar-refractivity contribution is 9.10. The summed E-state index contributed by atoms with van der Waals surface area (Å²) >= 11 is 3.45. The van der Waals surface area contributed by atoms with Gasteiger partial charge in [-0.05, 0) is 29.3 Å². The van der Waals surface area contributed by atoms with Crippen molar-refractivity contribution >= 4 is 26.8 Å². The first-order valence-corrected chi connectivity index (χ1v) is 8.50. The molecule has 5 nitrogen and oxygen atoms in total. The van der Waals surface area contributed by atoms with Crippen LogP contribution < -0.4 is 5.32 Å². The number of halogens is 1. The molecular formula is C18H16BrN5. The number of benzene rings is 2. The molecule has 24 heavy (non-hydrogen) atoms. The average Bonchev–Trinajstić information content (AvgIpc) is 3.24. The third-order valence-electron chi connectivity index (χ3n) is 3.91. The van der Waals surface area contributed by atoms with E-state index in [1.54, 1.807) is 0 Å². The summed E-state index contributed by atoms with van der Waals surface area (Å²) in [5.41, 5.74) is 4.43. The summed E-state index contributed by atoms with van der Waals surface area (Å²) in [5.74, 6) is 0.926. The monoisotopic (exact) mass is 381 g/mol. The largest absolute Gasteiger partial charge is 0.341 e. The highest BCUT2D eigenvalue weighted by Gasteiger charge is 2.04. The number of H-pyrrole nitrogens is 2. The maximum absolute atomic E-state index is 4.44. The van der Waals surface area contributed by atoms with E-state index in [4.69, 9.17) is 0 Å². The lowest BCUT2D eigenvalue weighted by molar-refractivity contribution is 0.669. The van der Waals surface area contributed by atoms with E-state index < -0.39 is 0 Å². The second kappa shape index (κ2) is 6.59. The lowest BCUT2D eigenvalue weighted by atomic mass is 10.1. The molecule has 0 saturated heterocycles. The molecule has 4 rings (SSSR count). The second-order valence-corrected chi connectivity index (χ2v) is 6.56. The molecule has 0 atom stereocenters. The smallest absolute Gasteiger partial charge is 0.120 e. The summed E-state index contributed by atoms with van der Waals surface area (Å²) < 4.78 is 1.07. The number of hydrogen-bond acceptors (Lipinski definition) is 3. The molecular weight excluding hydrogens is 366 g/mol. The van der Waals surface area contributed by atoms with Crippen LogP contribution in [0.5, 0.6) is 0 Å². The van der Waals surface area contributed by atoms with E-state index in [2.05, 4.69) is 71.7 Å². The van der Waals surface area contributed by atoms with E-state index in [1.807, 2.05) is 24.5 Å². The van der Waals surface area contributed by atoms with Gasteiger partial charge in [-0.1, -0.05) is 40.2 Å². The Kier molecular flexibility index (Phi) is 4.15. The third-order valence-corrected chi connectivity index (χ3v) is 4.44. The Hall–Kier alpha value is -2.44. The van der Waals surface area contributed by atoms with Gasteiger partial charge in [-0.2, -0.15) is 5.10 Å². The fourth-order valence-corrected chi connectivity index (χ4v) is 2.91. The molecule has 0 saturated carbocycles. The van der Waals surface area contributed by atoms with Crippen LogP contribution in [0.4, 0.5) is 0 Å². The minimum absolute atomic E-state index is 0.692. The summed E-state index contributed by atoms with van der Waals surface area (Å²) in [7, 11) is 0. The molecule has 2 aromatic carbocycles. The predicted molar refractivity (Wildman–Crippen MR) is 98.4 cm³/mol. The minimum Gasteiger partial charge on any atom is -0.341 e. The Bertz CT molecular complexity index is 955. The number of rotatable bonds is 5. The molecule has 0 radical (unpaired) electrons.